The lowest BCUT2D eigenvalue weighted by molar-refractivity contribution is -0.114. The molecular formula is C14H19FN2O. The van der Waals surface area contributed by atoms with Crippen molar-refractivity contribution in [3.05, 3.63) is 24.0 Å². The Kier molecular flexibility index (Phi) is 3.84. The molecule has 3 nitrogen and oxygen atoms in total. The number of hydrogen-bond donors (Lipinski definition) is 2. The highest BCUT2D eigenvalue weighted by molar-refractivity contribution is 5.89. The summed E-state index contributed by atoms with van der Waals surface area (Å²) in [6.07, 6.45) is 3.80. The summed E-state index contributed by atoms with van der Waals surface area (Å²) >= 11 is 0. The minimum Gasteiger partial charge on any atom is -0.383 e. The highest BCUT2D eigenvalue weighted by atomic mass is 19.1. The third-order valence-electron chi connectivity index (χ3n) is 3.07. The molecule has 18 heavy (non-hydrogen) atoms. The summed E-state index contributed by atoms with van der Waals surface area (Å²) < 4.78 is 13.4. The van der Waals surface area contributed by atoms with Gasteiger partial charge >= 0.3 is 0 Å². The lowest BCUT2D eigenvalue weighted by atomic mass is 10.1. The average molecular weight is 250 g/mol. The number of halogens is 1. The van der Waals surface area contributed by atoms with Gasteiger partial charge in [-0.05, 0) is 37.5 Å². The topological polar surface area (TPSA) is 41.1 Å². The van der Waals surface area contributed by atoms with E-state index >= 15 is 0 Å². The Morgan fingerprint density at radius 3 is 2.83 bits per heavy atom. The molecule has 2 N–H and O–H groups in total. The van der Waals surface area contributed by atoms with E-state index in [2.05, 4.69) is 17.6 Å². The number of carbonyl (C=O) groups is 1. The Balaban J connectivity index is 2.00. The van der Waals surface area contributed by atoms with Gasteiger partial charge in [0.2, 0.25) is 5.91 Å². The Hall–Kier alpha value is -1.58. The van der Waals surface area contributed by atoms with Crippen molar-refractivity contribution in [1.29, 1.82) is 0 Å². The first-order chi connectivity index (χ1) is 8.54. The predicted molar refractivity (Wildman–Crippen MR) is 71.1 cm³/mol. The van der Waals surface area contributed by atoms with Gasteiger partial charge in [0, 0.05) is 18.7 Å². The van der Waals surface area contributed by atoms with E-state index in [4.69, 9.17) is 0 Å². The fourth-order valence-electron chi connectivity index (χ4n) is 2.10. The smallest absolute Gasteiger partial charge is 0.221 e. The highest BCUT2D eigenvalue weighted by Crippen LogP contribution is 2.34. The lowest BCUT2D eigenvalue weighted by Gasteiger charge is -2.16. The number of hydrogen-bond acceptors (Lipinski definition) is 2. The van der Waals surface area contributed by atoms with E-state index in [0.29, 0.717) is 6.04 Å². The second-order valence-corrected chi connectivity index (χ2v) is 5.10. The quantitative estimate of drug-likeness (QED) is 0.841. The zero-order valence-corrected chi connectivity index (χ0v) is 10.8. The summed E-state index contributed by atoms with van der Waals surface area (Å²) in [6, 6.07) is 5.08. The molecule has 0 saturated heterocycles. The number of benzene rings is 1. The minimum atomic E-state index is -0.411. The van der Waals surface area contributed by atoms with Crippen molar-refractivity contribution in [3.8, 4) is 0 Å². The van der Waals surface area contributed by atoms with Crippen molar-refractivity contribution in [2.75, 3.05) is 10.6 Å². The first-order valence-corrected chi connectivity index (χ1v) is 6.38. The zero-order valence-electron chi connectivity index (χ0n) is 10.8. The molecule has 0 heterocycles. The second kappa shape index (κ2) is 5.38. The number of rotatable bonds is 5. The normalized spacial score (nSPS) is 16.2. The molecule has 2 rings (SSSR count). The SMILES string of the molecule is CC(=O)Nc1cc(NC(C)CC2CC2)ccc1F. The van der Waals surface area contributed by atoms with Crippen LogP contribution in [0.4, 0.5) is 15.8 Å². The number of carbonyl (C=O) groups excluding carboxylic acids is 1. The zero-order chi connectivity index (χ0) is 13.1. The maximum Gasteiger partial charge on any atom is 0.221 e. The van der Waals surface area contributed by atoms with Gasteiger partial charge in [0.1, 0.15) is 5.82 Å². The molecule has 4 heteroatoms. The monoisotopic (exact) mass is 250 g/mol. The van der Waals surface area contributed by atoms with Crippen molar-refractivity contribution in [3.63, 3.8) is 0 Å². The van der Waals surface area contributed by atoms with Gasteiger partial charge in [-0.2, -0.15) is 0 Å². The van der Waals surface area contributed by atoms with Crippen LogP contribution >= 0.6 is 0 Å². The Morgan fingerprint density at radius 1 is 1.50 bits per heavy atom. The summed E-state index contributed by atoms with van der Waals surface area (Å²) in [5, 5.41) is 5.82. The summed E-state index contributed by atoms with van der Waals surface area (Å²) in [4.78, 5) is 11.0. The molecule has 0 bridgehead atoms. The van der Waals surface area contributed by atoms with Crippen LogP contribution < -0.4 is 10.6 Å². The number of nitrogens with one attached hydrogen (secondary N) is 2. The lowest BCUT2D eigenvalue weighted by Crippen LogP contribution is -2.16. The van der Waals surface area contributed by atoms with Crippen LogP contribution in [0.15, 0.2) is 18.2 Å². The molecule has 0 aromatic heterocycles. The summed E-state index contributed by atoms with van der Waals surface area (Å²) in [7, 11) is 0. The molecule has 0 spiro atoms. The van der Waals surface area contributed by atoms with Crippen LogP contribution in [0.1, 0.15) is 33.1 Å². The van der Waals surface area contributed by atoms with E-state index in [1.54, 1.807) is 12.1 Å². The average Bonchev–Trinajstić information content (AvgIpc) is 3.06. The third-order valence-corrected chi connectivity index (χ3v) is 3.07. The van der Waals surface area contributed by atoms with Crippen LogP contribution in [0.5, 0.6) is 0 Å². The Morgan fingerprint density at radius 2 is 2.22 bits per heavy atom. The molecule has 1 fully saturated rings. The van der Waals surface area contributed by atoms with Crippen LogP contribution in [0.25, 0.3) is 0 Å². The van der Waals surface area contributed by atoms with E-state index in [0.717, 1.165) is 18.0 Å². The van der Waals surface area contributed by atoms with E-state index in [1.165, 1.54) is 25.8 Å². The van der Waals surface area contributed by atoms with Crippen molar-refractivity contribution in [2.45, 2.75) is 39.2 Å². The largest absolute Gasteiger partial charge is 0.383 e. The molecule has 1 aromatic rings. The Labute approximate surface area is 107 Å². The highest BCUT2D eigenvalue weighted by Gasteiger charge is 2.23. The van der Waals surface area contributed by atoms with Crippen molar-refractivity contribution >= 4 is 17.3 Å². The van der Waals surface area contributed by atoms with Crippen molar-refractivity contribution in [1.82, 2.24) is 0 Å². The van der Waals surface area contributed by atoms with Gasteiger partial charge in [-0.3, -0.25) is 4.79 Å². The van der Waals surface area contributed by atoms with E-state index in [-0.39, 0.29) is 11.6 Å². The maximum absolute atomic E-state index is 13.4. The van der Waals surface area contributed by atoms with E-state index in [1.807, 2.05) is 0 Å². The molecule has 0 aliphatic heterocycles. The fourth-order valence-corrected chi connectivity index (χ4v) is 2.10. The van der Waals surface area contributed by atoms with Crippen LogP contribution in [-0.4, -0.2) is 11.9 Å². The maximum atomic E-state index is 13.4. The molecule has 98 valence electrons. The number of anilines is 2. The molecule has 1 aliphatic carbocycles. The number of amides is 1. The molecule has 1 amide bonds. The van der Waals surface area contributed by atoms with Crippen LogP contribution in [0.3, 0.4) is 0 Å². The standard InChI is InChI=1S/C14H19FN2O/c1-9(7-11-3-4-11)16-12-5-6-13(15)14(8-12)17-10(2)18/h5-6,8-9,11,16H,3-4,7H2,1-2H3,(H,17,18). The van der Waals surface area contributed by atoms with Gasteiger partial charge in [-0.1, -0.05) is 12.8 Å². The van der Waals surface area contributed by atoms with Gasteiger partial charge in [0.25, 0.3) is 0 Å². The van der Waals surface area contributed by atoms with Gasteiger partial charge in [0.15, 0.2) is 0 Å². The van der Waals surface area contributed by atoms with Crippen LogP contribution in [0.2, 0.25) is 0 Å². The fraction of sp³-hybridized carbons (Fsp3) is 0.500. The molecule has 1 aromatic carbocycles. The summed E-state index contributed by atoms with van der Waals surface area (Å²) in [6.45, 7) is 3.50. The van der Waals surface area contributed by atoms with Crippen molar-refractivity contribution in [2.24, 2.45) is 5.92 Å². The van der Waals surface area contributed by atoms with Crippen molar-refractivity contribution < 1.29 is 9.18 Å². The molecule has 0 radical (unpaired) electrons. The van der Waals surface area contributed by atoms with Crippen LogP contribution in [0, 0.1) is 11.7 Å². The molecule has 1 unspecified atom stereocenters. The summed E-state index contributed by atoms with van der Waals surface area (Å²) in [5.41, 5.74) is 1.07. The first-order valence-electron chi connectivity index (χ1n) is 6.38. The molecule has 1 atom stereocenters. The molecular weight excluding hydrogens is 231 g/mol. The van der Waals surface area contributed by atoms with E-state index in [9.17, 15) is 9.18 Å². The Bertz CT molecular complexity index is 443. The summed E-state index contributed by atoms with van der Waals surface area (Å²) in [5.74, 6) is 0.172. The third kappa shape index (κ3) is 3.72. The molecule has 1 saturated carbocycles. The van der Waals surface area contributed by atoms with Crippen LogP contribution in [-0.2, 0) is 4.79 Å². The first kappa shape index (κ1) is 12.9. The van der Waals surface area contributed by atoms with Gasteiger partial charge in [-0.15, -0.1) is 0 Å². The predicted octanol–water partition coefficient (Wildman–Crippen LogP) is 3.38. The molecule has 1 aliphatic rings. The minimum absolute atomic E-state index is 0.228. The second-order valence-electron chi connectivity index (χ2n) is 5.10. The van der Waals surface area contributed by atoms with Gasteiger partial charge < -0.3 is 10.6 Å². The van der Waals surface area contributed by atoms with Gasteiger partial charge in [0.05, 0.1) is 5.69 Å². The van der Waals surface area contributed by atoms with E-state index < -0.39 is 5.82 Å². The van der Waals surface area contributed by atoms with Gasteiger partial charge in [-0.25, -0.2) is 4.39 Å².